The van der Waals surface area contributed by atoms with Crippen molar-refractivity contribution in [3.63, 3.8) is 0 Å². The summed E-state index contributed by atoms with van der Waals surface area (Å²) < 4.78 is 0. The molecule has 1 aromatic carbocycles. The van der Waals surface area contributed by atoms with Crippen LogP contribution in [-0.2, 0) is 5.54 Å². The molecule has 27 heavy (non-hydrogen) atoms. The summed E-state index contributed by atoms with van der Waals surface area (Å²) in [4.78, 5) is 16.1. The van der Waals surface area contributed by atoms with Gasteiger partial charge in [-0.2, -0.15) is 0 Å². The Bertz CT molecular complexity index is 1110. The van der Waals surface area contributed by atoms with Crippen LogP contribution in [0.15, 0.2) is 55.0 Å². The number of fused-ring (bicyclic) bond motifs is 1. The zero-order valence-corrected chi connectivity index (χ0v) is 15.6. The third-order valence-corrected chi connectivity index (χ3v) is 4.74. The second-order valence-corrected chi connectivity index (χ2v) is 7.24. The Morgan fingerprint density at radius 3 is 2.44 bits per heavy atom. The number of aromatic hydroxyl groups is 1. The Kier molecular flexibility index (Phi) is 4.20. The van der Waals surface area contributed by atoms with Crippen molar-refractivity contribution in [2.24, 2.45) is 0 Å². The zero-order chi connectivity index (χ0) is 19.0. The number of aromatic amines is 1. The Morgan fingerprint density at radius 1 is 1.00 bits per heavy atom. The topological polar surface area (TPSA) is 86.7 Å². The Hall–Kier alpha value is -3.12. The summed E-state index contributed by atoms with van der Waals surface area (Å²) in [5.74, 6) is 0.600. The number of benzene rings is 1. The molecule has 0 aliphatic rings. The number of halogens is 1. The first-order valence-corrected chi connectivity index (χ1v) is 8.83. The monoisotopic (exact) mass is 379 g/mol. The predicted octanol–water partition coefficient (Wildman–Crippen LogP) is 4.73. The van der Waals surface area contributed by atoms with Crippen molar-refractivity contribution in [3.8, 4) is 17.0 Å². The molecule has 4 aromatic rings. The molecule has 0 spiro atoms. The van der Waals surface area contributed by atoms with Gasteiger partial charge in [-0.1, -0.05) is 29.8 Å². The molecule has 0 atom stereocenters. The highest BCUT2D eigenvalue weighted by molar-refractivity contribution is 6.31. The molecule has 7 heteroatoms. The second-order valence-electron chi connectivity index (χ2n) is 6.84. The number of aromatic nitrogens is 4. The molecule has 0 radical (unpaired) electrons. The lowest BCUT2D eigenvalue weighted by molar-refractivity contribution is 0.458. The molecule has 0 saturated heterocycles. The molecule has 0 amide bonds. The quantitative estimate of drug-likeness (QED) is 0.477. The van der Waals surface area contributed by atoms with Gasteiger partial charge in [0.25, 0.3) is 0 Å². The summed E-state index contributed by atoms with van der Waals surface area (Å²) in [7, 11) is 0. The number of nitrogens with zero attached hydrogens (tertiary/aromatic N) is 3. The van der Waals surface area contributed by atoms with Gasteiger partial charge in [-0.3, -0.25) is 4.98 Å². The van der Waals surface area contributed by atoms with Gasteiger partial charge in [0.05, 0.1) is 16.6 Å². The maximum atomic E-state index is 9.54. The summed E-state index contributed by atoms with van der Waals surface area (Å²) in [6, 6.07) is 11.2. The maximum absolute atomic E-state index is 9.54. The van der Waals surface area contributed by atoms with Gasteiger partial charge in [-0.25, -0.2) is 9.97 Å². The number of nitrogens with one attached hydrogen (secondary N) is 2. The molecule has 3 aromatic heterocycles. The van der Waals surface area contributed by atoms with Crippen LogP contribution in [0.3, 0.4) is 0 Å². The van der Waals surface area contributed by atoms with E-state index in [1.807, 2.05) is 44.2 Å². The standard InChI is InChI=1S/C20H18ClN5O/c1-20(2,14-5-3-4-6-15(14)21)26-19-23-10-13(11-24-19)12-7-17-16(22-9-12)8-18(27)25-17/h3-11,25,27H,1-2H3,(H,23,24,26). The van der Waals surface area contributed by atoms with Gasteiger partial charge in [0.15, 0.2) is 5.88 Å². The summed E-state index contributed by atoms with van der Waals surface area (Å²) in [5.41, 5.74) is 3.70. The SMILES string of the molecule is CC(C)(Nc1ncc(-c2cnc3cc(O)[nH]c3c2)cn1)c1ccccc1Cl. The van der Waals surface area contributed by atoms with Gasteiger partial charge in [0.1, 0.15) is 0 Å². The van der Waals surface area contributed by atoms with Crippen LogP contribution in [0.5, 0.6) is 5.88 Å². The molecular formula is C20H18ClN5O. The van der Waals surface area contributed by atoms with Crippen LogP contribution in [0.2, 0.25) is 5.02 Å². The first-order valence-electron chi connectivity index (χ1n) is 8.46. The molecule has 0 aliphatic heterocycles. The lowest BCUT2D eigenvalue weighted by Crippen LogP contribution is -2.29. The van der Waals surface area contributed by atoms with Crippen molar-refractivity contribution >= 4 is 28.6 Å². The van der Waals surface area contributed by atoms with Gasteiger partial charge in [0, 0.05) is 40.8 Å². The zero-order valence-electron chi connectivity index (χ0n) is 14.9. The fourth-order valence-corrected chi connectivity index (χ4v) is 3.38. The number of hydrogen-bond donors (Lipinski definition) is 3. The third kappa shape index (κ3) is 3.44. The Balaban J connectivity index is 1.59. The van der Waals surface area contributed by atoms with Gasteiger partial charge >= 0.3 is 0 Å². The molecule has 4 rings (SSSR count). The third-order valence-electron chi connectivity index (χ3n) is 4.41. The van der Waals surface area contributed by atoms with Crippen molar-refractivity contribution in [1.82, 2.24) is 19.9 Å². The average molecular weight is 380 g/mol. The lowest BCUT2D eigenvalue weighted by Gasteiger charge is -2.27. The van der Waals surface area contributed by atoms with E-state index in [4.69, 9.17) is 11.6 Å². The van der Waals surface area contributed by atoms with Crippen LogP contribution in [0.25, 0.3) is 22.2 Å². The Morgan fingerprint density at radius 2 is 1.70 bits per heavy atom. The second kappa shape index (κ2) is 6.55. The highest BCUT2D eigenvalue weighted by atomic mass is 35.5. The minimum absolute atomic E-state index is 0.0900. The molecule has 0 fully saturated rings. The summed E-state index contributed by atoms with van der Waals surface area (Å²) >= 11 is 6.32. The van der Waals surface area contributed by atoms with E-state index in [1.54, 1.807) is 24.7 Å². The number of anilines is 1. The molecule has 3 N–H and O–H groups in total. The fourth-order valence-electron chi connectivity index (χ4n) is 3.01. The first-order chi connectivity index (χ1) is 12.9. The smallest absolute Gasteiger partial charge is 0.223 e. The van der Waals surface area contributed by atoms with Crippen LogP contribution in [0.4, 0.5) is 5.95 Å². The predicted molar refractivity (Wildman–Crippen MR) is 107 cm³/mol. The van der Waals surface area contributed by atoms with E-state index in [1.165, 1.54) is 0 Å². The van der Waals surface area contributed by atoms with E-state index in [0.717, 1.165) is 22.2 Å². The van der Waals surface area contributed by atoms with Gasteiger partial charge in [-0.15, -0.1) is 0 Å². The molecule has 6 nitrogen and oxygen atoms in total. The van der Waals surface area contributed by atoms with Crippen LogP contribution < -0.4 is 5.32 Å². The first kappa shape index (κ1) is 17.3. The van der Waals surface area contributed by atoms with Crippen molar-refractivity contribution in [2.75, 3.05) is 5.32 Å². The van der Waals surface area contributed by atoms with Crippen molar-refractivity contribution in [1.29, 1.82) is 0 Å². The van der Waals surface area contributed by atoms with Crippen LogP contribution in [-0.4, -0.2) is 25.0 Å². The van der Waals surface area contributed by atoms with Crippen LogP contribution >= 0.6 is 11.6 Å². The molecule has 3 heterocycles. The summed E-state index contributed by atoms with van der Waals surface area (Å²) in [6.07, 6.45) is 5.21. The van der Waals surface area contributed by atoms with Crippen molar-refractivity contribution in [3.05, 3.63) is 65.6 Å². The van der Waals surface area contributed by atoms with E-state index in [9.17, 15) is 5.11 Å². The molecule has 0 aliphatic carbocycles. The number of hydrogen-bond acceptors (Lipinski definition) is 5. The molecule has 0 bridgehead atoms. The largest absolute Gasteiger partial charge is 0.495 e. The summed E-state index contributed by atoms with van der Waals surface area (Å²) in [5, 5.41) is 13.6. The van der Waals surface area contributed by atoms with Gasteiger partial charge < -0.3 is 15.4 Å². The van der Waals surface area contributed by atoms with E-state index < -0.39 is 5.54 Å². The molecule has 0 saturated carbocycles. The normalized spacial score (nSPS) is 11.7. The minimum Gasteiger partial charge on any atom is -0.495 e. The minimum atomic E-state index is -0.428. The maximum Gasteiger partial charge on any atom is 0.223 e. The van der Waals surface area contributed by atoms with E-state index in [-0.39, 0.29) is 5.88 Å². The lowest BCUT2D eigenvalue weighted by atomic mass is 9.94. The highest BCUT2D eigenvalue weighted by Gasteiger charge is 2.23. The van der Waals surface area contributed by atoms with Crippen molar-refractivity contribution in [2.45, 2.75) is 19.4 Å². The molecule has 136 valence electrons. The van der Waals surface area contributed by atoms with Crippen LogP contribution in [0, 0.1) is 0 Å². The van der Waals surface area contributed by atoms with E-state index >= 15 is 0 Å². The number of H-pyrrole nitrogens is 1. The molecular weight excluding hydrogens is 362 g/mol. The van der Waals surface area contributed by atoms with Gasteiger partial charge in [0.2, 0.25) is 5.95 Å². The highest BCUT2D eigenvalue weighted by Crippen LogP contribution is 2.30. The fraction of sp³-hybridized carbons (Fsp3) is 0.150. The summed E-state index contributed by atoms with van der Waals surface area (Å²) in [6.45, 7) is 4.06. The number of pyridine rings is 1. The van der Waals surface area contributed by atoms with Crippen LogP contribution in [0.1, 0.15) is 19.4 Å². The average Bonchev–Trinajstić information content (AvgIpc) is 3.01. The van der Waals surface area contributed by atoms with E-state index in [0.29, 0.717) is 16.5 Å². The van der Waals surface area contributed by atoms with E-state index in [2.05, 4.69) is 25.3 Å². The van der Waals surface area contributed by atoms with Crippen molar-refractivity contribution < 1.29 is 5.11 Å². The Labute approximate surface area is 161 Å². The molecule has 0 unspecified atom stereocenters. The van der Waals surface area contributed by atoms with Gasteiger partial charge in [-0.05, 0) is 31.5 Å². The number of rotatable bonds is 4.